The van der Waals surface area contributed by atoms with Gasteiger partial charge in [0.1, 0.15) is 12.4 Å². The normalized spacial score (nSPS) is 9.89. The Bertz CT molecular complexity index is 582. The molecule has 0 aliphatic carbocycles. The van der Waals surface area contributed by atoms with Crippen LogP contribution in [0.1, 0.15) is 15.4 Å². The molecule has 19 heavy (non-hydrogen) atoms. The highest BCUT2D eigenvalue weighted by Gasteiger charge is 2.11. The first-order valence-electron chi connectivity index (χ1n) is 5.31. The second kappa shape index (κ2) is 5.96. The van der Waals surface area contributed by atoms with Crippen LogP contribution in [0, 0.1) is 0 Å². The molecule has 0 atom stereocenters. The molecule has 2 aromatic rings. The van der Waals surface area contributed by atoms with Crippen molar-refractivity contribution in [1.82, 2.24) is 4.98 Å². The Morgan fingerprint density at radius 1 is 1.32 bits per heavy atom. The van der Waals surface area contributed by atoms with E-state index in [1.165, 1.54) is 5.38 Å². The maximum Gasteiger partial charge on any atom is 0.413 e. The summed E-state index contributed by atoms with van der Waals surface area (Å²) < 4.78 is 4.97. The number of anilines is 1. The monoisotopic (exact) mass is 278 g/mol. The molecule has 0 aliphatic rings. The van der Waals surface area contributed by atoms with Crippen molar-refractivity contribution in [2.45, 2.75) is 6.61 Å². The van der Waals surface area contributed by atoms with E-state index in [1.54, 1.807) is 0 Å². The molecule has 0 aliphatic heterocycles. The number of benzene rings is 1. The molecule has 0 spiro atoms. The molecule has 1 amide bonds. The number of nitrogens with one attached hydrogen (secondary N) is 1. The minimum atomic E-state index is -1.13. The van der Waals surface area contributed by atoms with Crippen LogP contribution in [0.15, 0.2) is 35.7 Å². The summed E-state index contributed by atoms with van der Waals surface area (Å²) in [5.41, 5.74) is 0.863. The van der Waals surface area contributed by atoms with E-state index in [-0.39, 0.29) is 17.4 Å². The van der Waals surface area contributed by atoms with Crippen LogP contribution in [-0.2, 0) is 11.3 Å². The Balaban J connectivity index is 1.85. The van der Waals surface area contributed by atoms with Crippen molar-refractivity contribution < 1.29 is 19.4 Å². The molecule has 98 valence electrons. The fourth-order valence-corrected chi connectivity index (χ4v) is 1.88. The van der Waals surface area contributed by atoms with Crippen molar-refractivity contribution >= 4 is 29.2 Å². The summed E-state index contributed by atoms with van der Waals surface area (Å²) >= 11 is 0.933. The van der Waals surface area contributed by atoms with Crippen molar-refractivity contribution in [2.75, 3.05) is 5.32 Å². The number of aromatic carboxylic acids is 1. The van der Waals surface area contributed by atoms with Crippen LogP contribution in [0.4, 0.5) is 10.6 Å². The average molecular weight is 278 g/mol. The highest BCUT2D eigenvalue weighted by molar-refractivity contribution is 7.12. The van der Waals surface area contributed by atoms with E-state index in [0.717, 1.165) is 16.9 Å². The minimum Gasteiger partial charge on any atom is -0.476 e. The number of hydrogen-bond donors (Lipinski definition) is 2. The van der Waals surface area contributed by atoms with Gasteiger partial charge in [0.25, 0.3) is 0 Å². The third-order valence-corrected chi connectivity index (χ3v) is 2.96. The summed E-state index contributed by atoms with van der Waals surface area (Å²) in [7, 11) is 0. The topological polar surface area (TPSA) is 88.5 Å². The molecule has 0 bridgehead atoms. The van der Waals surface area contributed by atoms with E-state index in [1.807, 2.05) is 30.3 Å². The summed E-state index contributed by atoms with van der Waals surface area (Å²) in [6.45, 7) is 0.141. The third kappa shape index (κ3) is 3.78. The van der Waals surface area contributed by atoms with E-state index >= 15 is 0 Å². The highest BCUT2D eigenvalue weighted by Crippen LogP contribution is 2.14. The molecule has 0 saturated heterocycles. The summed E-state index contributed by atoms with van der Waals surface area (Å²) in [5, 5.41) is 12.4. The Hall–Kier alpha value is -2.41. The van der Waals surface area contributed by atoms with Crippen LogP contribution in [0.3, 0.4) is 0 Å². The van der Waals surface area contributed by atoms with Gasteiger partial charge in [0.2, 0.25) is 5.01 Å². The van der Waals surface area contributed by atoms with Gasteiger partial charge in [-0.2, -0.15) is 0 Å². The highest BCUT2D eigenvalue weighted by atomic mass is 32.1. The molecule has 0 fully saturated rings. The Morgan fingerprint density at radius 2 is 2.05 bits per heavy atom. The summed E-state index contributed by atoms with van der Waals surface area (Å²) in [5.74, 6) is -0.962. The predicted octanol–water partition coefficient (Wildman–Crippen LogP) is 2.59. The molecule has 6 nitrogen and oxygen atoms in total. The second-order valence-electron chi connectivity index (χ2n) is 3.53. The fourth-order valence-electron chi connectivity index (χ4n) is 1.29. The van der Waals surface area contributed by atoms with Crippen molar-refractivity contribution in [2.24, 2.45) is 0 Å². The van der Waals surface area contributed by atoms with Gasteiger partial charge < -0.3 is 9.84 Å². The molecule has 2 N–H and O–H groups in total. The van der Waals surface area contributed by atoms with Gasteiger partial charge in [0.15, 0.2) is 0 Å². The van der Waals surface area contributed by atoms with Gasteiger partial charge in [-0.1, -0.05) is 30.3 Å². The first-order valence-corrected chi connectivity index (χ1v) is 6.19. The molecule has 1 aromatic carbocycles. The number of ether oxygens (including phenoxy) is 1. The van der Waals surface area contributed by atoms with Gasteiger partial charge in [-0.3, -0.25) is 5.32 Å². The lowest BCUT2D eigenvalue weighted by atomic mass is 10.2. The molecule has 1 heterocycles. The number of carbonyl (C=O) groups excluding carboxylic acids is 1. The number of carboxylic acids is 1. The standard InChI is InChI=1S/C12H10N2O4S/c15-11(16)10-13-9(7-19-10)14-12(17)18-6-8-4-2-1-3-5-8/h1-5,7H,6H2,(H,14,17)(H,15,16). The van der Waals surface area contributed by atoms with Crippen molar-refractivity contribution in [3.05, 3.63) is 46.3 Å². The predicted molar refractivity (Wildman–Crippen MR) is 69.3 cm³/mol. The number of nitrogens with zero attached hydrogens (tertiary/aromatic N) is 1. The molecule has 2 rings (SSSR count). The minimum absolute atomic E-state index is 0.0849. The van der Waals surface area contributed by atoms with Crippen LogP contribution >= 0.6 is 11.3 Å². The lowest BCUT2D eigenvalue weighted by Crippen LogP contribution is -2.14. The smallest absolute Gasteiger partial charge is 0.413 e. The molecular formula is C12H10N2O4S. The molecular weight excluding hydrogens is 268 g/mol. The van der Waals surface area contributed by atoms with E-state index in [4.69, 9.17) is 9.84 Å². The average Bonchev–Trinajstić information content (AvgIpc) is 2.86. The summed E-state index contributed by atoms with van der Waals surface area (Å²) in [4.78, 5) is 25.8. The van der Waals surface area contributed by atoms with E-state index < -0.39 is 12.1 Å². The maximum atomic E-state index is 11.4. The van der Waals surface area contributed by atoms with Crippen molar-refractivity contribution in [3.63, 3.8) is 0 Å². The maximum absolute atomic E-state index is 11.4. The van der Waals surface area contributed by atoms with Gasteiger partial charge in [-0.05, 0) is 5.56 Å². The SMILES string of the molecule is O=C(Nc1csc(C(=O)O)n1)OCc1ccccc1. The van der Waals surface area contributed by atoms with Gasteiger partial charge in [0.05, 0.1) is 0 Å². The number of thiazole rings is 1. The van der Waals surface area contributed by atoms with Gasteiger partial charge in [-0.15, -0.1) is 11.3 Å². The van der Waals surface area contributed by atoms with Crippen LogP contribution < -0.4 is 5.32 Å². The zero-order chi connectivity index (χ0) is 13.7. The van der Waals surface area contributed by atoms with Crippen molar-refractivity contribution in [1.29, 1.82) is 0 Å². The first kappa shape index (κ1) is 13.0. The Morgan fingerprint density at radius 3 is 2.68 bits per heavy atom. The molecule has 0 saturated carbocycles. The summed E-state index contributed by atoms with van der Waals surface area (Å²) in [6.07, 6.45) is -0.675. The zero-order valence-electron chi connectivity index (χ0n) is 9.70. The summed E-state index contributed by atoms with van der Waals surface area (Å²) in [6, 6.07) is 9.22. The van der Waals surface area contributed by atoms with E-state index in [9.17, 15) is 9.59 Å². The quantitative estimate of drug-likeness (QED) is 0.897. The first-order chi connectivity index (χ1) is 9.15. The largest absolute Gasteiger partial charge is 0.476 e. The number of hydrogen-bond acceptors (Lipinski definition) is 5. The van der Waals surface area contributed by atoms with E-state index in [2.05, 4.69) is 10.3 Å². The lowest BCUT2D eigenvalue weighted by Gasteiger charge is -2.04. The lowest BCUT2D eigenvalue weighted by molar-refractivity contribution is 0.0696. The van der Waals surface area contributed by atoms with E-state index in [0.29, 0.717) is 0 Å². The van der Waals surface area contributed by atoms with Crippen LogP contribution in [0.25, 0.3) is 0 Å². The van der Waals surface area contributed by atoms with Gasteiger partial charge >= 0.3 is 12.1 Å². The van der Waals surface area contributed by atoms with Crippen LogP contribution in [0.2, 0.25) is 0 Å². The molecule has 0 radical (unpaired) electrons. The van der Waals surface area contributed by atoms with Crippen LogP contribution in [-0.4, -0.2) is 22.2 Å². The molecule has 1 aromatic heterocycles. The molecule has 0 unspecified atom stereocenters. The van der Waals surface area contributed by atoms with Gasteiger partial charge in [-0.25, -0.2) is 14.6 Å². The van der Waals surface area contributed by atoms with Crippen molar-refractivity contribution in [3.8, 4) is 0 Å². The number of aromatic nitrogens is 1. The van der Waals surface area contributed by atoms with Crippen LogP contribution in [0.5, 0.6) is 0 Å². The number of carbonyl (C=O) groups is 2. The third-order valence-electron chi connectivity index (χ3n) is 2.13. The number of amides is 1. The zero-order valence-corrected chi connectivity index (χ0v) is 10.5. The number of carboxylic acid groups (broad SMARTS) is 1. The van der Waals surface area contributed by atoms with Gasteiger partial charge in [0, 0.05) is 5.38 Å². The molecule has 7 heteroatoms. The number of rotatable bonds is 4. The Kier molecular flexibility index (Phi) is 4.09. The fraction of sp³-hybridized carbons (Fsp3) is 0.0833. The second-order valence-corrected chi connectivity index (χ2v) is 4.39. The Labute approximate surface area is 112 Å².